The minimum Gasteiger partial charge on any atom is -0.494 e. The van der Waals surface area contributed by atoms with E-state index >= 15 is 0 Å². The summed E-state index contributed by atoms with van der Waals surface area (Å²) < 4.78 is 11.1. The van der Waals surface area contributed by atoms with Gasteiger partial charge in [0, 0.05) is 38.4 Å². The minimum absolute atomic E-state index is 0.0949. The Labute approximate surface area is 166 Å². The number of hydrogen-bond donors (Lipinski definition) is 1. The number of rotatable bonds is 7. The molecule has 150 valence electrons. The Morgan fingerprint density at radius 3 is 2.61 bits per heavy atom. The lowest BCUT2D eigenvalue weighted by Crippen LogP contribution is -2.47. The Hall–Kier alpha value is -2.60. The van der Waals surface area contributed by atoms with Crippen LogP contribution < -0.4 is 10.1 Å². The molecule has 0 unspecified atom stereocenters. The number of carbonyl (C=O) groups excluding carboxylic acids is 1. The molecule has 0 radical (unpaired) electrons. The summed E-state index contributed by atoms with van der Waals surface area (Å²) in [4.78, 5) is 18.6. The predicted molar refractivity (Wildman–Crippen MR) is 108 cm³/mol. The topological polar surface area (TPSA) is 63.7 Å². The van der Waals surface area contributed by atoms with Crippen LogP contribution in [0.3, 0.4) is 0 Å². The first-order chi connectivity index (χ1) is 13.6. The van der Waals surface area contributed by atoms with Crippen LogP contribution in [-0.4, -0.2) is 49.3 Å². The van der Waals surface area contributed by atoms with Crippen molar-refractivity contribution in [1.82, 2.24) is 15.2 Å². The lowest BCUT2D eigenvalue weighted by molar-refractivity contribution is 0.0502. The second kappa shape index (κ2) is 9.55. The van der Waals surface area contributed by atoms with Gasteiger partial charge in [-0.15, -0.1) is 0 Å². The van der Waals surface area contributed by atoms with Crippen LogP contribution in [-0.2, 0) is 16.7 Å². The van der Waals surface area contributed by atoms with E-state index in [2.05, 4.69) is 22.4 Å². The average Bonchev–Trinajstić information content (AvgIpc) is 2.74. The Balaban J connectivity index is 1.66. The molecule has 6 nitrogen and oxygen atoms in total. The van der Waals surface area contributed by atoms with Gasteiger partial charge in [-0.25, -0.2) is 4.79 Å². The Bertz CT molecular complexity index is 743. The monoisotopic (exact) mass is 383 g/mol. The van der Waals surface area contributed by atoms with Crippen molar-refractivity contribution in [1.29, 1.82) is 0 Å². The van der Waals surface area contributed by atoms with Crippen molar-refractivity contribution in [2.45, 2.75) is 31.7 Å². The first-order valence-electron chi connectivity index (χ1n) is 9.83. The number of ether oxygens (including phenoxy) is 2. The second-order valence-corrected chi connectivity index (χ2v) is 7.19. The molecule has 1 aliphatic rings. The van der Waals surface area contributed by atoms with Crippen LogP contribution in [0.4, 0.5) is 4.79 Å². The van der Waals surface area contributed by atoms with Gasteiger partial charge in [-0.2, -0.15) is 0 Å². The summed E-state index contributed by atoms with van der Waals surface area (Å²) >= 11 is 0. The Kier molecular flexibility index (Phi) is 6.87. The van der Waals surface area contributed by atoms with Crippen molar-refractivity contribution in [3.8, 4) is 5.75 Å². The molecule has 1 N–H and O–H groups in total. The molecule has 0 aliphatic carbocycles. The smallest absolute Gasteiger partial charge is 0.317 e. The molecule has 1 aromatic carbocycles. The third-order valence-corrected chi connectivity index (χ3v) is 5.28. The molecule has 0 bridgehead atoms. The fraction of sp³-hybridized carbons (Fsp3) is 0.455. The van der Waals surface area contributed by atoms with E-state index in [1.165, 1.54) is 5.56 Å². The van der Waals surface area contributed by atoms with Crippen molar-refractivity contribution in [3.05, 3.63) is 59.9 Å². The summed E-state index contributed by atoms with van der Waals surface area (Å²) in [5.41, 5.74) is 1.96. The van der Waals surface area contributed by atoms with Gasteiger partial charge in [0.1, 0.15) is 5.75 Å². The maximum absolute atomic E-state index is 12.6. The van der Waals surface area contributed by atoms with Crippen LogP contribution >= 0.6 is 0 Å². The zero-order chi connectivity index (χ0) is 19.8. The average molecular weight is 383 g/mol. The molecule has 2 aromatic rings. The van der Waals surface area contributed by atoms with E-state index in [0.29, 0.717) is 32.9 Å². The summed E-state index contributed by atoms with van der Waals surface area (Å²) in [5, 5.41) is 3.12. The van der Waals surface area contributed by atoms with E-state index in [0.717, 1.165) is 24.3 Å². The van der Waals surface area contributed by atoms with Crippen LogP contribution in [0.15, 0.2) is 48.7 Å². The second-order valence-electron chi connectivity index (χ2n) is 7.19. The number of aromatic nitrogens is 1. The van der Waals surface area contributed by atoms with Gasteiger partial charge in [0.15, 0.2) is 0 Å². The lowest BCUT2D eigenvalue weighted by Gasteiger charge is -2.38. The molecule has 3 rings (SSSR count). The summed E-state index contributed by atoms with van der Waals surface area (Å²) in [7, 11) is 1.79. The quantitative estimate of drug-likeness (QED) is 0.796. The summed E-state index contributed by atoms with van der Waals surface area (Å²) in [6.45, 7) is 5.09. The molecule has 0 spiro atoms. The van der Waals surface area contributed by atoms with Crippen LogP contribution in [0.25, 0.3) is 0 Å². The van der Waals surface area contributed by atoms with Crippen molar-refractivity contribution in [3.63, 3.8) is 0 Å². The normalized spacial score (nSPS) is 15.6. The molecule has 2 amide bonds. The van der Waals surface area contributed by atoms with Gasteiger partial charge >= 0.3 is 6.03 Å². The molecule has 1 aromatic heterocycles. The zero-order valence-electron chi connectivity index (χ0n) is 16.7. The maximum Gasteiger partial charge on any atom is 0.317 e. The zero-order valence-corrected chi connectivity index (χ0v) is 16.7. The Morgan fingerprint density at radius 1 is 1.21 bits per heavy atom. The SMILES string of the molecule is CCOc1ccc(C2(CNC(=O)N(C)Cc3ccccn3)CCOCC2)cc1. The minimum atomic E-state index is -0.121. The summed E-state index contributed by atoms with van der Waals surface area (Å²) in [6, 6.07) is 13.9. The van der Waals surface area contributed by atoms with Crippen molar-refractivity contribution >= 4 is 6.03 Å². The maximum atomic E-state index is 12.6. The molecular weight excluding hydrogens is 354 g/mol. The highest BCUT2D eigenvalue weighted by atomic mass is 16.5. The molecule has 1 saturated heterocycles. The van der Waals surface area contributed by atoms with Gasteiger partial charge < -0.3 is 19.7 Å². The van der Waals surface area contributed by atoms with E-state index in [9.17, 15) is 4.79 Å². The van der Waals surface area contributed by atoms with E-state index < -0.39 is 0 Å². The number of nitrogens with one attached hydrogen (secondary N) is 1. The van der Waals surface area contributed by atoms with E-state index in [4.69, 9.17) is 9.47 Å². The standard InChI is InChI=1S/C22H29N3O3/c1-3-28-20-9-7-18(8-10-20)22(11-14-27-15-12-22)17-24-21(26)25(2)16-19-6-4-5-13-23-19/h4-10,13H,3,11-12,14-17H2,1-2H3,(H,24,26). The number of nitrogens with zero attached hydrogens (tertiary/aromatic N) is 2. The van der Waals surface area contributed by atoms with Gasteiger partial charge in [-0.05, 0) is 49.6 Å². The molecule has 2 heterocycles. The van der Waals surface area contributed by atoms with Crippen LogP contribution in [0.2, 0.25) is 0 Å². The van der Waals surface area contributed by atoms with E-state index in [1.807, 2.05) is 37.3 Å². The van der Waals surface area contributed by atoms with Crippen LogP contribution in [0.1, 0.15) is 31.0 Å². The van der Waals surface area contributed by atoms with E-state index in [-0.39, 0.29) is 11.4 Å². The fourth-order valence-electron chi connectivity index (χ4n) is 3.59. The number of benzene rings is 1. The predicted octanol–water partition coefficient (Wildman–Crippen LogP) is 3.37. The Morgan fingerprint density at radius 2 is 1.96 bits per heavy atom. The van der Waals surface area contributed by atoms with Gasteiger partial charge in [-0.1, -0.05) is 18.2 Å². The van der Waals surface area contributed by atoms with Crippen molar-refractivity contribution in [2.24, 2.45) is 0 Å². The van der Waals surface area contributed by atoms with Crippen LogP contribution in [0, 0.1) is 0 Å². The van der Waals surface area contributed by atoms with Crippen LogP contribution in [0.5, 0.6) is 5.75 Å². The fourth-order valence-corrected chi connectivity index (χ4v) is 3.59. The molecule has 1 aliphatic heterocycles. The number of urea groups is 1. The van der Waals surface area contributed by atoms with Gasteiger partial charge in [0.2, 0.25) is 0 Å². The van der Waals surface area contributed by atoms with Gasteiger partial charge in [0.25, 0.3) is 0 Å². The van der Waals surface area contributed by atoms with Gasteiger partial charge in [-0.3, -0.25) is 4.98 Å². The molecule has 6 heteroatoms. The summed E-state index contributed by atoms with van der Waals surface area (Å²) in [6.07, 6.45) is 3.50. The third kappa shape index (κ3) is 5.01. The largest absolute Gasteiger partial charge is 0.494 e. The molecule has 1 fully saturated rings. The highest BCUT2D eigenvalue weighted by Gasteiger charge is 2.35. The highest BCUT2D eigenvalue weighted by Crippen LogP contribution is 2.35. The first-order valence-corrected chi connectivity index (χ1v) is 9.83. The number of carbonyl (C=O) groups is 1. The number of pyridine rings is 1. The molecular formula is C22H29N3O3. The lowest BCUT2D eigenvalue weighted by atomic mass is 9.74. The van der Waals surface area contributed by atoms with Gasteiger partial charge in [0.05, 0.1) is 18.8 Å². The van der Waals surface area contributed by atoms with E-state index in [1.54, 1.807) is 18.1 Å². The molecule has 0 atom stereocenters. The summed E-state index contributed by atoms with van der Waals surface area (Å²) in [5.74, 6) is 0.868. The molecule has 28 heavy (non-hydrogen) atoms. The van der Waals surface area contributed by atoms with Crippen molar-refractivity contribution in [2.75, 3.05) is 33.4 Å². The van der Waals surface area contributed by atoms with Crippen molar-refractivity contribution < 1.29 is 14.3 Å². The first kappa shape index (κ1) is 20.1. The highest BCUT2D eigenvalue weighted by molar-refractivity contribution is 5.74. The number of amides is 2. The number of hydrogen-bond acceptors (Lipinski definition) is 4. The third-order valence-electron chi connectivity index (χ3n) is 5.28. The molecule has 0 saturated carbocycles.